The molecule has 3 nitrogen and oxygen atoms in total. The van der Waals surface area contributed by atoms with Crippen molar-refractivity contribution in [3.63, 3.8) is 0 Å². The maximum Gasteiger partial charge on any atom is 0.226 e. The van der Waals surface area contributed by atoms with Crippen LogP contribution < -0.4 is 0 Å². The Morgan fingerprint density at radius 2 is 2.38 bits per heavy atom. The van der Waals surface area contributed by atoms with Gasteiger partial charge in [-0.2, -0.15) is 0 Å². The second-order valence-electron chi connectivity index (χ2n) is 2.09. The van der Waals surface area contributed by atoms with E-state index in [1.54, 1.807) is 4.86 Å². The number of hydrogen-bond acceptors (Lipinski definition) is 2. The van der Waals surface area contributed by atoms with Gasteiger partial charge in [0.05, 0.1) is 4.86 Å². The summed E-state index contributed by atoms with van der Waals surface area (Å²) in [5.74, 6) is 0. The van der Waals surface area contributed by atoms with Gasteiger partial charge in [0.15, 0.2) is 6.61 Å². The van der Waals surface area contributed by atoms with E-state index in [2.05, 4.69) is 19.0 Å². The van der Waals surface area contributed by atoms with Crippen LogP contribution in [-0.4, -0.2) is 24.1 Å². The number of nitrogens with zero attached hydrogens (tertiary/aromatic N) is 2. The van der Waals surface area contributed by atoms with E-state index in [0.717, 1.165) is 13.2 Å². The summed E-state index contributed by atoms with van der Waals surface area (Å²) in [6.45, 7) is 5.67. The first-order valence-electron chi connectivity index (χ1n) is 2.90. The van der Waals surface area contributed by atoms with Crippen LogP contribution in [0.3, 0.4) is 0 Å². The fraction of sp³-hybridized carbons (Fsp3) is 1.00. The molecule has 0 fully saturated rings. The van der Waals surface area contributed by atoms with Gasteiger partial charge in [-0.1, -0.05) is 0 Å². The molecule has 1 heterocycles. The van der Waals surface area contributed by atoms with E-state index in [-0.39, 0.29) is 0 Å². The summed E-state index contributed by atoms with van der Waals surface area (Å²) in [5.41, 5.74) is 0. The molecular weight excluding hydrogens is 104 g/mol. The highest BCUT2D eigenvalue weighted by molar-refractivity contribution is 4.33. The first kappa shape index (κ1) is 5.54. The topological polar surface area (TPSA) is 24.6 Å². The summed E-state index contributed by atoms with van der Waals surface area (Å²) < 4.78 is 0. The normalized spacial score (nSPS) is 18.6. The summed E-state index contributed by atoms with van der Waals surface area (Å²) >= 11 is 0. The Bertz CT molecular complexity index is 109. The van der Waals surface area contributed by atoms with Crippen LogP contribution >= 0.6 is 0 Å². The quantitative estimate of drug-likeness (QED) is 0.464. The average Bonchev–Trinajstić information content (AvgIpc) is 2.12. The molecule has 1 aliphatic rings. The highest BCUT2D eigenvalue weighted by atomic mass is 16.7. The van der Waals surface area contributed by atoms with Crippen LogP contribution in [0.25, 0.3) is 0 Å². The maximum absolute atomic E-state index is 5.08. The van der Waals surface area contributed by atoms with Crippen molar-refractivity contribution in [1.82, 2.24) is 0 Å². The molecule has 0 saturated carbocycles. The smallest absolute Gasteiger partial charge is 0.226 e. The lowest BCUT2D eigenvalue weighted by Crippen LogP contribution is -2.14. The molecule has 3 heteroatoms. The molecule has 0 N–H and O–H groups in total. The van der Waals surface area contributed by atoms with Gasteiger partial charge in [-0.3, -0.25) is 0 Å². The van der Waals surface area contributed by atoms with Crippen LogP contribution in [0.15, 0.2) is 5.11 Å². The van der Waals surface area contributed by atoms with Gasteiger partial charge in [0.25, 0.3) is 0 Å². The molecule has 0 aliphatic carbocycles. The van der Waals surface area contributed by atoms with Gasteiger partial charge in [-0.15, -0.1) is 0 Å². The predicted molar refractivity (Wildman–Crippen MR) is 28.6 cm³/mol. The van der Waals surface area contributed by atoms with E-state index in [9.17, 15) is 0 Å². The standard InChI is InChI=1S/C5H11N2O/c1-5(2)7-6-3-4-8-7/h5H,3-4H2,1-2H3/q+1. The Balaban J connectivity index is 2.45. The summed E-state index contributed by atoms with van der Waals surface area (Å²) in [6.07, 6.45) is 0. The van der Waals surface area contributed by atoms with Crippen molar-refractivity contribution < 1.29 is 9.70 Å². The molecule has 0 aromatic rings. The van der Waals surface area contributed by atoms with Crippen molar-refractivity contribution in [2.45, 2.75) is 19.9 Å². The zero-order valence-electron chi connectivity index (χ0n) is 5.29. The van der Waals surface area contributed by atoms with Crippen molar-refractivity contribution in [2.24, 2.45) is 5.11 Å². The number of hydroxylamine groups is 1. The van der Waals surface area contributed by atoms with Crippen molar-refractivity contribution in [3.05, 3.63) is 0 Å². The zero-order chi connectivity index (χ0) is 5.98. The first-order valence-corrected chi connectivity index (χ1v) is 2.90. The lowest BCUT2D eigenvalue weighted by atomic mass is 10.4. The second-order valence-corrected chi connectivity index (χ2v) is 2.09. The van der Waals surface area contributed by atoms with Gasteiger partial charge in [0, 0.05) is 19.0 Å². The fourth-order valence-corrected chi connectivity index (χ4v) is 0.627. The van der Waals surface area contributed by atoms with Crippen LogP contribution in [0.2, 0.25) is 0 Å². The highest BCUT2D eigenvalue weighted by Crippen LogP contribution is 1.97. The van der Waals surface area contributed by atoms with Gasteiger partial charge in [0.2, 0.25) is 6.04 Å². The van der Waals surface area contributed by atoms with E-state index in [1.165, 1.54) is 0 Å². The molecule has 0 saturated heterocycles. The minimum absolute atomic E-state index is 0.387. The third-order valence-electron chi connectivity index (χ3n) is 0.996. The Labute approximate surface area is 48.9 Å². The van der Waals surface area contributed by atoms with Crippen molar-refractivity contribution in [2.75, 3.05) is 13.2 Å². The van der Waals surface area contributed by atoms with Gasteiger partial charge in [0.1, 0.15) is 6.54 Å². The fourth-order valence-electron chi connectivity index (χ4n) is 0.627. The van der Waals surface area contributed by atoms with Crippen molar-refractivity contribution in [3.8, 4) is 0 Å². The second kappa shape index (κ2) is 2.11. The number of rotatable bonds is 1. The molecule has 46 valence electrons. The van der Waals surface area contributed by atoms with Gasteiger partial charge in [-0.25, -0.2) is 4.84 Å². The average molecular weight is 115 g/mol. The third kappa shape index (κ3) is 0.967. The van der Waals surface area contributed by atoms with Gasteiger partial charge in [-0.05, 0) is 0 Å². The molecule has 8 heavy (non-hydrogen) atoms. The molecule has 0 unspecified atom stereocenters. The van der Waals surface area contributed by atoms with Crippen LogP contribution in [0, 0.1) is 0 Å². The van der Waals surface area contributed by atoms with Crippen LogP contribution in [-0.2, 0) is 4.84 Å². The minimum atomic E-state index is 0.387. The van der Waals surface area contributed by atoms with Gasteiger partial charge < -0.3 is 0 Å². The first-order chi connectivity index (χ1) is 3.80. The predicted octanol–water partition coefficient (Wildman–Crippen LogP) is 0.805. The van der Waals surface area contributed by atoms with E-state index in [1.807, 2.05) is 0 Å². The van der Waals surface area contributed by atoms with Gasteiger partial charge >= 0.3 is 0 Å². The van der Waals surface area contributed by atoms with Crippen molar-refractivity contribution in [1.29, 1.82) is 0 Å². The molecule has 0 amide bonds. The Morgan fingerprint density at radius 1 is 1.62 bits per heavy atom. The maximum atomic E-state index is 5.08. The molecule has 0 bridgehead atoms. The van der Waals surface area contributed by atoms with Crippen LogP contribution in [0.1, 0.15) is 13.8 Å². The molecule has 1 aliphatic heterocycles. The van der Waals surface area contributed by atoms with Crippen molar-refractivity contribution >= 4 is 0 Å². The number of hydrogen-bond donors (Lipinski definition) is 0. The summed E-state index contributed by atoms with van der Waals surface area (Å²) in [6, 6.07) is 0.387. The highest BCUT2D eigenvalue weighted by Gasteiger charge is 2.18. The Morgan fingerprint density at radius 3 is 2.62 bits per heavy atom. The molecule has 0 aromatic carbocycles. The van der Waals surface area contributed by atoms with E-state index >= 15 is 0 Å². The van der Waals surface area contributed by atoms with E-state index < -0.39 is 0 Å². The molecule has 0 radical (unpaired) electrons. The number of azo groups is 1. The monoisotopic (exact) mass is 115 g/mol. The SMILES string of the molecule is CC(C)[N+]1=NCCO1. The van der Waals surface area contributed by atoms with E-state index in [4.69, 9.17) is 4.84 Å². The lowest BCUT2D eigenvalue weighted by molar-refractivity contribution is -0.837. The van der Waals surface area contributed by atoms with E-state index in [0.29, 0.717) is 6.04 Å². The zero-order valence-corrected chi connectivity index (χ0v) is 5.29. The molecule has 0 aromatic heterocycles. The minimum Gasteiger partial charge on any atom is -0.249 e. The summed E-state index contributed by atoms with van der Waals surface area (Å²) in [5, 5.41) is 4.05. The molecular formula is C5H11N2O+. The molecule has 0 spiro atoms. The third-order valence-corrected chi connectivity index (χ3v) is 0.996. The largest absolute Gasteiger partial charge is 0.249 e. The summed E-state index contributed by atoms with van der Waals surface area (Å²) in [7, 11) is 0. The Kier molecular flexibility index (Phi) is 1.46. The Hall–Kier alpha value is -0.600. The molecule has 1 rings (SSSR count). The van der Waals surface area contributed by atoms with Crippen LogP contribution in [0.5, 0.6) is 0 Å². The summed E-state index contributed by atoms with van der Waals surface area (Å²) in [4.78, 5) is 6.73. The lowest BCUT2D eigenvalue weighted by Gasteiger charge is -1.92. The van der Waals surface area contributed by atoms with Crippen LogP contribution in [0.4, 0.5) is 0 Å². The molecule has 0 atom stereocenters.